The van der Waals surface area contributed by atoms with E-state index in [9.17, 15) is 9.59 Å². The molecule has 0 saturated carbocycles. The molecule has 0 aliphatic carbocycles. The molecule has 4 aromatic rings. The second-order valence-electron chi connectivity index (χ2n) is 7.26. The van der Waals surface area contributed by atoms with Crippen LogP contribution in [0.1, 0.15) is 32.6 Å². The number of anilines is 1. The average molecular weight is 404 g/mol. The maximum Gasteiger partial charge on any atom is 0.258 e. The van der Waals surface area contributed by atoms with Crippen LogP contribution in [0.2, 0.25) is 0 Å². The molecule has 0 aliphatic rings. The van der Waals surface area contributed by atoms with Crippen molar-refractivity contribution in [2.45, 2.75) is 27.3 Å². The molecule has 0 aliphatic heterocycles. The van der Waals surface area contributed by atoms with E-state index in [1.54, 1.807) is 16.8 Å². The molecule has 29 heavy (non-hydrogen) atoms. The number of carbonyl (C=O) groups is 1. The Bertz CT molecular complexity index is 1290. The molecule has 0 radical (unpaired) electrons. The summed E-state index contributed by atoms with van der Waals surface area (Å²) in [7, 11) is 0. The van der Waals surface area contributed by atoms with Crippen LogP contribution in [0.4, 0.5) is 5.13 Å². The van der Waals surface area contributed by atoms with Gasteiger partial charge in [0.1, 0.15) is 0 Å². The van der Waals surface area contributed by atoms with Gasteiger partial charge in [-0.3, -0.25) is 14.9 Å². The number of aromatic nitrogens is 2. The van der Waals surface area contributed by atoms with Gasteiger partial charge in [0.25, 0.3) is 11.5 Å². The van der Waals surface area contributed by atoms with E-state index >= 15 is 0 Å². The smallest absolute Gasteiger partial charge is 0.258 e. The molecule has 6 heteroatoms. The normalized spacial score (nSPS) is 11.0. The number of nitrogens with one attached hydrogen (secondary N) is 1. The Morgan fingerprint density at radius 1 is 1.03 bits per heavy atom. The van der Waals surface area contributed by atoms with Crippen molar-refractivity contribution in [2.24, 2.45) is 0 Å². The second-order valence-corrected chi connectivity index (χ2v) is 8.29. The average Bonchev–Trinajstić information content (AvgIpc) is 3.07. The van der Waals surface area contributed by atoms with Crippen molar-refractivity contribution in [3.05, 3.63) is 92.9 Å². The van der Waals surface area contributed by atoms with E-state index in [-0.39, 0.29) is 11.5 Å². The number of pyridine rings is 1. The van der Waals surface area contributed by atoms with Crippen molar-refractivity contribution in [2.75, 3.05) is 5.32 Å². The zero-order chi connectivity index (χ0) is 20.5. The molecule has 0 unspecified atom stereocenters. The molecule has 0 spiro atoms. The first-order valence-corrected chi connectivity index (χ1v) is 10.2. The van der Waals surface area contributed by atoms with Crippen LogP contribution in [0.25, 0.3) is 10.2 Å². The lowest BCUT2D eigenvalue weighted by Crippen LogP contribution is -2.23. The van der Waals surface area contributed by atoms with Gasteiger partial charge in [-0.05, 0) is 55.7 Å². The lowest BCUT2D eigenvalue weighted by atomic mass is 10.1. The van der Waals surface area contributed by atoms with Crippen LogP contribution in [-0.2, 0) is 6.54 Å². The Hall–Kier alpha value is -3.25. The van der Waals surface area contributed by atoms with Crippen molar-refractivity contribution in [3.8, 4) is 0 Å². The van der Waals surface area contributed by atoms with Crippen LogP contribution in [0.3, 0.4) is 0 Å². The van der Waals surface area contributed by atoms with Gasteiger partial charge in [-0.25, -0.2) is 4.98 Å². The third-order valence-electron chi connectivity index (χ3n) is 4.86. The van der Waals surface area contributed by atoms with Gasteiger partial charge in [-0.1, -0.05) is 41.2 Å². The van der Waals surface area contributed by atoms with Crippen LogP contribution in [0, 0.1) is 20.8 Å². The minimum atomic E-state index is -0.282. The van der Waals surface area contributed by atoms with E-state index in [1.165, 1.54) is 17.4 Å². The Balaban J connectivity index is 1.59. The summed E-state index contributed by atoms with van der Waals surface area (Å²) in [5.74, 6) is -0.282. The van der Waals surface area contributed by atoms with Crippen molar-refractivity contribution < 1.29 is 4.79 Å². The van der Waals surface area contributed by atoms with Gasteiger partial charge in [-0.15, -0.1) is 0 Å². The number of benzene rings is 2. The number of hydrogen-bond acceptors (Lipinski definition) is 4. The molecule has 2 aromatic heterocycles. The highest BCUT2D eigenvalue weighted by Crippen LogP contribution is 2.27. The molecule has 5 nitrogen and oxygen atoms in total. The zero-order valence-corrected chi connectivity index (χ0v) is 17.3. The van der Waals surface area contributed by atoms with Gasteiger partial charge < -0.3 is 4.57 Å². The first-order valence-electron chi connectivity index (χ1n) is 9.34. The lowest BCUT2D eigenvalue weighted by molar-refractivity contribution is 0.102. The van der Waals surface area contributed by atoms with Gasteiger partial charge in [0.15, 0.2) is 5.13 Å². The maximum absolute atomic E-state index is 12.7. The fourth-order valence-corrected chi connectivity index (χ4v) is 4.16. The molecule has 146 valence electrons. The standard InChI is InChI=1S/C23H21N3O2S/c1-14-4-6-16(3)18(10-14)13-26-12-17(7-9-21(26)27)22(28)25-23-24-19-8-5-15(2)11-20(19)29-23/h4-12H,13H2,1-3H3,(H,24,25,28). The largest absolute Gasteiger partial charge is 0.310 e. The van der Waals surface area contributed by atoms with E-state index in [0.717, 1.165) is 32.5 Å². The molecule has 1 amide bonds. The van der Waals surface area contributed by atoms with Gasteiger partial charge in [0, 0.05) is 12.3 Å². The third-order valence-corrected chi connectivity index (χ3v) is 5.79. The highest BCUT2D eigenvalue weighted by molar-refractivity contribution is 7.22. The van der Waals surface area contributed by atoms with E-state index in [1.807, 2.05) is 51.1 Å². The van der Waals surface area contributed by atoms with Crippen molar-refractivity contribution >= 4 is 32.6 Å². The highest BCUT2D eigenvalue weighted by Gasteiger charge is 2.12. The van der Waals surface area contributed by atoms with E-state index < -0.39 is 0 Å². The van der Waals surface area contributed by atoms with Crippen LogP contribution >= 0.6 is 11.3 Å². The molecule has 2 heterocycles. The topological polar surface area (TPSA) is 64.0 Å². The molecule has 2 aromatic carbocycles. The lowest BCUT2D eigenvalue weighted by Gasteiger charge is -2.11. The number of amides is 1. The minimum absolute atomic E-state index is 0.141. The van der Waals surface area contributed by atoms with Crippen molar-refractivity contribution in [1.82, 2.24) is 9.55 Å². The number of aryl methyl sites for hydroxylation is 3. The number of fused-ring (bicyclic) bond motifs is 1. The van der Waals surface area contributed by atoms with Crippen LogP contribution in [0.5, 0.6) is 0 Å². The molecule has 0 fully saturated rings. The first-order chi connectivity index (χ1) is 13.9. The number of thiazole rings is 1. The van der Waals surface area contributed by atoms with Crippen molar-refractivity contribution in [3.63, 3.8) is 0 Å². The second kappa shape index (κ2) is 7.64. The number of rotatable bonds is 4. The third kappa shape index (κ3) is 4.12. The Kier molecular flexibility index (Phi) is 5.03. The zero-order valence-electron chi connectivity index (χ0n) is 16.5. The summed E-state index contributed by atoms with van der Waals surface area (Å²) in [4.78, 5) is 29.5. The molecule has 0 atom stereocenters. The van der Waals surface area contributed by atoms with Crippen LogP contribution < -0.4 is 10.9 Å². The highest BCUT2D eigenvalue weighted by atomic mass is 32.1. The molecule has 1 N–H and O–H groups in total. The molecule has 4 rings (SSSR count). The summed E-state index contributed by atoms with van der Waals surface area (Å²) < 4.78 is 2.60. The van der Waals surface area contributed by atoms with Crippen molar-refractivity contribution in [1.29, 1.82) is 0 Å². The Labute approximate surface area is 172 Å². The Morgan fingerprint density at radius 2 is 1.79 bits per heavy atom. The number of hydrogen-bond donors (Lipinski definition) is 1. The van der Waals surface area contributed by atoms with Crippen LogP contribution in [0.15, 0.2) is 59.5 Å². The first kappa shape index (κ1) is 19.1. The Morgan fingerprint density at radius 3 is 2.62 bits per heavy atom. The quantitative estimate of drug-likeness (QED) is 0.538. The fourth-order valence-electron chi connectivity index (χ4n) is 3.20. The molecule has 0 saturated heterocycles. The van der Waals surface area contributed by atoms with Crippen LogP contribution in [-0.4, -0.2) is 15.5 Å². The van der Waals surface area contributed by atoms with Gasteiger partial charge in [0.05, 0.1) is 22.3 Å². The summed E-state index contributed by atoms with van der Waals surface area (Å²) in [6.45, 7) is 6.49. The van der Waals surface area contributed by atoms with Gasteiger partial charge >= 0.3 is 0 Å². The van der Waals surface area contributed by atoms with E-state index in [2.05, 4.69) is 16.4 Å². The van der Waals surface area contributed by atoms with Gasteiger partial charge in [-0.2, -0.15) is 0 Å². The maximum atomic E-state index is 12.7. The number of nitrogens with zero attached hydrogens (tertiary/aromatic N) is 2. The summed E-state index contributed by atoms with van der Waals surface area (Å²) in [6, 6.07) is 15.1. The minimum Gasteiger partial charge on any atom is -0.310 e. The summed E-state index contributed by atoms with van der Waals surface area (Å²) in [5.41, 5.74) is 5.60. The fraction of sp³-hybridized carbons (Fsp3) is 0.174. The molecule has 0 bridgehead atoms. The van der Waals surface area contributed by atoms with E-state index in [0.29, 0.717) is 17.2 Å². The summed E-state index contributed by atoms with van der Waals surface area (Å²) >= 11 is 1.44. The summed E-state index contributed by atoms with van der Waals surface area (Å²) in [5, 5.41) is 3.40. The molecular weight excluding hydrogens is 382 g/mol. The monoisotopic (exact) mass is 403 g/mol. The SMILES string of the molecule is Cc1ccc(C)c(Cn2cc(C(=O)Nc3nc4ccc(C)cc4s3)ccc2=O)c1. The predicted molar refractivity (Wildman–Crippen MR) is 118 cm³/mol. The summed E-state index contributed by atoms with van der Waals surface area (Å²) in [6.07, 6.45) is 1.61. The van der Waals surface area contributed by atoms with E-state index in [4.69, 9.17) is 0 Å². The molecular formula is C23H21N3O2S. The number of carbonyl (C=O) groups excluding carboxylic acids is 1. The van der Waals surface area contributed by atoms with Gasteiger partial charge in [0.2, 0.25) is 0 Å². The predicted octanol–water partition coefficient (Wildman–Crippen LogP) is 4.68.